The van der Waals surface area contributed by atoms with Crippen LogP contribution in [-0.4, -0.2) is 36.9 Å². The molecule has 0 atom stereocenters. The zero-order valence-corrected chi connectivity index (χ0v) is 21.3. The van der Waals surface area contributed by atoms with Gasteiger partial charge in [-0.15, -0.1) is 11.3 Å². The van der Waals surface area contributed by atoms with Gasteiger partial charge in [0.1, 0.15) is 10.0 Å². The second-order valence-corrected chi connectivity index (χ2v) is 11.3. The van der Waals surface area contributed by atoms with E-state index < -0.39 is 27.3 Å². The molecule has 0 fully saturated rings. The molecule has 0 aliphatic carbocycles. The second-order valence-electron chi connectivity index (χ2n) is 7.24. The number of anilines is 1. The van der Waals surface area contributed by atoms with Crippen LogP contribution in [0.2, 0.25) is 9.36 Å². The first-order valence-electron chi connectivity index (χ1n) is 9.95. The first-order valence-corrected chi connectivity index (χ1v) is 13.0. The van der Waals surface area contributed by atoms with Crippen LogP contribution in [0.15, 0.2) is 62.3 Å². The topological polar surface area (TPSA) is 166 Å². The van der Waals surface area contributed by atoms with Gasteiger partial charge in [-0.05, 0) is 42.5 Å². The molecule has 0 saturated carbocycles. The number of carbonyl (C=O) groups excluding carboxylic acids is 1. The van der Waals surface area contributed by atoms with Gasteiger partial charge in [0.05, 0.1) is 25.9 Å². The number of benzene rings is 2. The largest absolute Gasteiger partial charge is 0.373 e. The molecule has 2 aromatic carbocycles. The van der Waals surface area contributed by atoms with Gasteiger partial charge in [0.25, 0.3) is 15.6 Å². The minimum Gasteiger partial charge on any atom is -0.373 e. The van der Waals surface area contributed by atoms with Crippen LogP contribution in [0.1, 0.15) is 5.56 Å². The van der Waals surface area contributed by atoms with Gasteiger partial charge in [-0.1, -0.05) is 29.3 Å². The highest BCUT2D eigenvalue weighted by molar-refractivity contribution is 7.92. The summed E-state index contributed by atoms with van der Waals surface area (Å²) in [6.45, 7) is 0. The Morgan fingerprint density at radius 2 is 1.83 bits per heavy atom. The summed E-state index contributed by atoms with van der Waals surface area (Å²) in [7, 11) is -2.55. The molecule has 186 valence electrons. The number of thiophene rings is 1. The molecule has 4 aromatic rings. The molecular formula is C21H16Cl2N6O5S2. The predicted molar refractivity (Wildman–Crippen MR) is 140 cm³/mol. The van der Waals surface area contributed by atoms with E-state index in [1.807, 2.05) is 4.72 Å². The Morgan fingerprint density at radius 3 is 2.47 bits per heavy atom. The summed E-state index contributed by atoms with van der Waals surface area (Å²) in [5.74, 6) is 0.115. The van der Waals surface area contributed by atoms with Crippen molar-refractivity contribution >= 4 is 73.0 Å². The average Bonchev–Trinajstić information content (AvgIpc) is 3.26. The predicted octanol–water partition coefficient (Wildman–Crippen LogP) is 3.10. The minimum absolute atomic E-state index is 0.0451. The van der Waals surface area contributed by atoms with Crippen LogP contribution in [0.25, 0.3) is 16.6 Å². The number of amides is 2. The van der Waals surface area contributed by atoms with Gasteiger partial charge in [-0.25, -0.2) is 27.3 Å². The summed E-state index contributed by atoms with van der Waals surface area (Å²) in [5.41, 5.74) is -0.518. The van der Waals surface area contributed by atoms with E-state index in [0.29, 0.717) is 5.56 Å². The van der Waals surface area contributed by atoms with Gasteiger partial charge >= 0.3 is 11.7 Å². The number of rotatable bonds is 5. The highest BCUT2D eigenvalue weighted by atomic mass is 35.5. The standard InChI is InChI=1S/C21H16Cl2N6O5S2/c1-25-18(24)10-2-4-12-14(8-10)27-21(32)29(19(12)30)15-5-3-11(9-13(15)22)26-20(31)28-36(33,34)17-7-6-16(23)35-17/h2-9H,1H3,(H2,24,25)(H,27,32)(H2,26,28,31). The van der Waals surface area contributed by atoms with E-state index in [0.717, 1.165) is 15.9 Å². The van der Waals surface area contributed by atoms with Gasteiger partial charge < -0.3 is 15.6 Å². The van der Waals surface area contributed by atoms with Crippen LogP contribution in [-0.2, 0) is 10.0 Å². The van der Waals surface area contributed by atoms with Gasteiger partial charge in [0.15, 0.2) is 0 Å². The molecule has 4 rings (SSSR count). The lowest BCUT2D eigenvalue weighted by Crippen LogP contribution is -2.34. The van der Waals surface area contributed by atoms with Crippen molar-refractivity contribution in [3.63, 3.8) is 0 Å². The average molecular weight is 567 g/mol. The van der Waals surface area contributed by atoms with E-state index in [4.69, 9.17) is 28.6 Å². The molecule has 5 N–H and O–H groups in total. The van der Waals surface area contributed by atoms with Crippen molar-refractivity contribution in [2.45, 2.75) is 4.21 Å². The number of sulfonamides is 1. The lowest BCUT2D eigenvalue weighted by molar-refractivity contribution is 0.256. The van der Waals surface area contributed by atoms with E-state index in [-0.39, 0.29) is 41.7 Å². The fraction of sp³-hybridized carbons (Fsp3) is 0.0476. The Bertz CT molecular complexity index is 1760. The number of carbonyl (C=O) groups is 1. The molecule has 2 aromatic heterocycles. The summed E-state index contributed by atoms with van der Waals surface area (Å²) in [5, 5.41) is 13.0. The maximum Gasteiger partial charge on any atom is 0.333 e. The highest BCUT2D eigenvalue weighted by Crippen LogP contribution is 2.26. The number of aromatic nitrogens is 2. The Kier molecular flexibility index (Phi) is 6.91. The van der Waals surface area contributed by atoms with Crippen molar-refractivity contribution < 1.29 is 13.2 Å². The SMILES string of the molecule is CNC(=N)c1ccc2c(=O)n(-c3ccc(NC(=O)NS(=O)(=O)c4ccc(Cl)s4)cc3Cl)c(=O)[nH]c2c1. The van der Waals surface area contributed by atoms with Crippen molar-refractivity contribution in [3.8, 4) is 5.69 Å². The van der Waals surface area contributed by atoms with E-state index in [9.17, 15) is 22.8 Å². The Balaban J connectivity index is 1.62. The third-order valence-electron chi connectivity index (χ3n) is 4.92. The molecule has 0 spiro atoms. The monoisotopic (exact) mass is 566 g/mol. The maximum absolute atomic E-state index is 13.1. The minimum atomic E-state index is -4.13. The number of nitrogens with zero attached hydrogens (tertiary/aromatic N) is 1. The van der Waals surface area contributed by atoms with Crippen LogP contribution in [0.5, 0.6) is 0 Å². The maximum atomic E-state index is 13.1. The van der Waals surface area contributed by atoms with Crippen molar-refractivity contribution in [3.05, 3.63) is 84.3 Å². The zero-order valence-electron chi connectivity index (χ0n) is 18.2. The molecule has 0 unspecified atom stereocenters. The van der Waals surface area contributed by atoms with Gasteiger partial charge in [-0.3, -0.25) is 10.2 Å². The van der Waals surface area contributed by atoms with Crippen LogP contribution < -0.4 is 26.6 Å². The number of halogens is 2. The third kappa shape index (κ3) is 4.99. The van der Waals surface area contributed by atoms with Gasteiger partial charge in [0.2, 0.25) is 0 Å². The molecule has 15 heteroatoms. The smallest absolute Gasteiger partial charge is 0.333 e. The molecule has 11 nitrogen and oxygen atoms in total. The first-order chi connectivity index (χ1) is 17.0. The number of aromatic amines is 1. The zero-order chi connectivity index (χ0) is 26.2. The van der Waals surface area contributed by atoms with Crippen molar-refractivity contribution in [2.24, 2.45) is 0 Å². The summed E-state index contributed by atoms with van der Waals surface area (Å²) < 4.78 is 27.3. The van der Waals surface area contributed by atoms with E-state index in [2.05, 4.69) is 15.6 Å². The lowest BCUT2D eigenvalue weighted by Gasteiger charge is -2.12. The summed E-state index contributed by atoms with van der Waals surface area (Å²) >= 11 is 12.8. The van der Waals surface area contributed by atoms with Crippen molar-refractivity contribution in [1.82, 2.24) is 19.6 Å². The fourth-order valence-corrected chi connectivity index (χ4v) is 5.93. The van der Waals surface area contributed by atoms with Gasteiger partial charge in [-0.2, -0.15) is 0 Å². The Labute approximate surface area is 217 Å². The fourth-order valence-electron chi connectivity index (χ4n) is 3.27. The lowest BCUT2D eigenvalue weighted by atomic mass is 10.1. The molecule has 36 heavy (non-hydrogen) atoms. The summed E-state index contributed by atoms with van der Waals surface area (Å²) in [4.78, 5) is 40.6. The van der Waals surface area contributed by atoms with Crippen molar-refractivity contribution in [2.75, 3.05) is 12.4 Å². The van der Waals surface area contributed by atoms with Crippen LogP contribution >= 0.6 is 34.5 Å². The number of H-pyrrole nitrogens is 1. The molecule has 0 radical (unpaired) electrons. The van der Waals surface area contributed by atoms with Crippen LogP contribution in [0, 0.1) is 5.41 Å². The normalized spacial score (nSPS) is 11.3. The molecule has 2 amide bonds. The van der Waals surface area contributed by atoms with Crippen molar-refractivity contribution in [1.29, 1.82) is 5.41 Å². The Morgan fingerprint density at radius 1 is 1.08 bits per heavy atom. The van der Waals surface area contributed by atoms with E-state index >= 15 is 0 Å². The van der Waals surface area contributed by atoms with E-state index in [1.165, 1.54) is 42.5 Å². The first kappa shape index (κ1) is 25.4. The summed E-state index contributed by atoms with van der Waals surface area (Å²) in [6.07, 6.45) is 0. The molecule has 2 heterocycles. The molecule has 0 bridgehead atoms. The van der Waals surface area contributed by atoms with Crippen LogP contribution in [0.4, 0.5) is 10.5 Å². The number of hydrogen-bond donors (Lipinski definition) is 5. The number of hydrogen-bond acceptors (Lipinski definition) is 7. The molecule has 0 aliphatic rings. The number of urea groups is 1. The quantitative estimate of drug-likeness (QED) is 0.184. The summed E-state index contributed by atoms with van der Waals surface area (Å²) in [6, 6.07) is 10.1. The molecular weight excluding hydrogens is 551 g/mol. The van der Waals surface area contributed by atoms with Crippen LogP contribution in [0.3, 0.4) is 0 Å². The molecule has 0 saturated heterocycles. The Hall–Kier alpha value is -3.65. The molecule has 0 aliphatic heterocycles. The number of amidine groups is 1. The number of fused-ring (bicyclic) bond motifs is 1. The highest BCUT2D eigenvalue weighted by Gasteiger charge is 2.20. The second kappa shape index (κ2) is 9.78. The number of nitrogens with one attached hydrogen (secondary N) is 5. The third-order valence-corrected chi connectivity index (χ3v) is 8.28. The van der Waals surface area contributed by atoms with E-state index in [1.54, 1.807) is 13.1 Å². The van der Waals surface area contributed by atoms with Gasteiger partial charge in [0, 0.05) is 18.3 Å².